The number of hydrogen-bond donors (Lipinski definition) is 1. The molecule has 1 saturated heterocycles. The number of benzene rings is 1. The lowest BCUT2D eigenvalue weighted by molar-refractivity contribution is -0.134. The Labute approximate surface area is 153 Å². The summed E-state index contributed by atoms with van der Waals surface area (Å²) in [4.78, 5) is 18.9. The molecule has 4 nitrogen and oxygen atoms in total. The summed E-state index contributed by atoms with van der Waals surface area (Å²) in [5.41, 5.74) is 2.03. The monoisotopic (exact) mass is 363 g/mol. The third kappa shape index (κ3) is 4.77. The van der Waals surface area contributed by atoms with Gasteiger partial charge < -0.3 is 10.2 Å². The lowest BCUT2D eigenvalue weighted by atomic mass is 9.96. The summed E-state index contributed by atoms with van der Waals surface area (Å²) in [5, 5.41) is 3.35. The minimum absolute atomic E-state index is 0. The summed E-state index contributed by atoms with van der Waals surface area (Å²) in [5.74, 6) is -0.0688. The van der Waals surface area contributed by atoms with E-state index in [-0.39, 0.29) is 36.1 Å². The van der Waals surface area contributed by atoms with Gasteiger partial charge in [-0.25, -0.2) is 4.39 Å². The highest BCUT2D eigenvalue weighted by atomic mass is 35.5. The van der Waals surface area contributed by atoms with Crippen molar-refractivity contribution >= 4 is 18.3 Å². The summed E-state index contributed by atoms with van der Waals surface area (Å²) in [6.45, 7) is 4.23. The first-order valence-corrected chi connectivity index (χ1v) is 8.30. The van der Waals surface area contributed by atoms with Crippen LogP contribution in [0.25, 0.3) is 0 Å². The molecule has 2 aromatic rings. The fourth-order valence-corrected chi connectivity index (χ4v) is 3.16. The highest BCUT2D eigenvalue weighted by Crippen LogP contribution is 2.26. The number of carbonyl (C=O) groups excluding carboxylic acids is 1. The van der Waals surface area contributed by atoms with Gasteiger partial charge in [-0.15, -0.1) is 12.4 Å². The van der Waals surface area contributed by atoms with E-state index >= 15 is 0 Å². The van der Waals surface area contributed by atoms with E-state index in [9.17, 15) is 9.18 Å². The Balaban J connectivity index is 0.00000225. The number of nitrogens with one attached hydrogen (secondary N) is 1. The number of rotatable bonds is 4. The molecule has 1 aromatic heterocycles. The number of hydrogen-bond acceptors (Lipinski definition) is 3. The molecular weight excluding hydrogens is 341 g/mol. The van der Waals surface area contributed by atoms with Crippen LogP contribution in [0.4, 0.5) is 4.39 Å². The summed E-state index contributed by atoms with van der Waals surface area (Å²) in [7, 11) is 0. The number of carbonyl (C=O) groups is 1. The van der Waals surface area contributed by atoms with Crippen LogP contribution in [0, 0.1) is 5.82 Å². The highest BCUT2D eigenvalue weighted by molar-refractivity contribution is 5.85. The number of piperazine rings is 1. The fourth-order valence-electron chi connectivity index (χ4n) is 3.16. The van der Waals surface area contributed by atoms with E-state index in [0.29, 0.717) is 13.0 Å². The maximum Gasteiger partial charge on any atom is 0.223 e. The van der Waals surface area contributed by atoms with Gasteiger partial charge in [0.15, 0.2) is 0 Å². The molecule has 0 bridgehead atoms. The molecule has 1 aliphatic rings. The minimum atomic E-state index is -0.254. The summed E-state index contributed by atoms with van der Waals surface area (Å²) >= 11 is 0. The zero-order chi connectivity index (χ0) is 16.9. The number of pyridine rings is 1. The number of nitrogens with zero attached hydrogens (tertiary/aromatic N) is 2. The topological polar surface area (TPSA) is 45.2 Å². The Morgan fingerprint density at radius 1 is 1.36 bits per heavy atom. The second-order valence-electron chi connectivity index (χ2n) is 6.25. The molecule has 0 radical (unpaired) electrons. The van der Waals surface area contributed by atoms with Crippen molar-refractivity contribution in [2.24, 2.45) is 0 Å². The van der Waals surface area contributed by atoms with E-state index in [2.05, 4.69) is 10.3 Å². The molecule has 1 aliphatic heterocycles. The van der Waals surface area contributed by atoms with Crippen LogP contribution in [-0.4, -0.2) is 35.4 Å². The molecule has 0 saturated carbocycles. The van der Waals surface area contributed by atoms with Gasteiger partial charge in [-0.3, -0.25) is 9.78 Å². The van der Waals surface area contributed by atoms with Crippen LogP contribution in [0.3, 0.4) is 0 Å². The number of amides is 1. The first kappa shape index (κ1) is 19.3. The maximum atomic E-state index is 13.1. The van der Waals surface area contributed by atoms with Crippen molar-refractivity contribution in [1.29, 1.82) is 0 Å². The maximum absolute atomic E-state index is 13.1. The molecule has 3 rings (SSSR count). The Bertz CT molecular complexity index is 681. The van der Waals surface area contributed by atoms with E-state index in [0.717, 1.165) is 24.2 Å². The molecular formula is C19H23ClFN3O. The van der Waals surface area contributed by atoms with Crippen molar-refractivity contribution in [3.8, 4) is 0 Å². The Morgan fingerprint density at radius 3 is 2.80 bits per heavy atom. The van der Waals surface area contributed by atoms with Crippen molar-refractivity contribution in [3.63, 3.8) is 0 Å². The van der Waals surface area contributed by atoms with Crippen LogP contribution in [0.1, 0.15) is 36.4 Å². The van der Waals surface area contributed by atoms with Crippen LogP contribution < -0.4 is 5.32 Å². The van der Waals surface area contributed by atoms with E-state index in [1.165, 1.54) is 12.1 Å². The lowest BCUT2D eigenvalue weighted by Crippen LogP contribution is -2.48. The zero-order valence-corrected chi connectivity index (χ0v) is 15.0. The molecule has 1 N–H and O–H groups in total. The van der Waals surface area contributed by atoms with E-state index in [4.69, 9.17) is 0 Å². The molecule has 2 atom stereocenters. The average molecular weight is 364 g/mol. The number of halogens is 2. The number of aromatic nitrogens is 1. The Hall–Kier alpha value is -1.98. The SMILES string of the molecule is CC(CC(=O)N1CCNCC1c1cccnc1)c1ccc(F)cc1.Cl. The molecule has 25 heavy (non-hydrogen) atoms. The van der Waals surface area contributed by atoms with Gasteiger partial charge in [-0.2, -0.15) is 0 Å². The average Bonchev–Trinajstić information content (AvgIpc) is 2.63. The molecule has 1 amide bonds. The van der Waals surface area contributed by atoms with Gasteiger partial charge in [0.1, 0.15) is 5.82 Å². The second-order valence-corrected chi connectivity index (χ2v) is 6.25. The Morgan fingerprint density at radius 2 is 2.12 bits per heavy atom. The van der Waals surface area contributed by atoms with Gasteiger partial charge in [0, 0.05) is 38.4 Å². The summed E-state index contributed by atoms with van der Waals surface area (Å²) in [6, 6.07) is 10.3. The molecule has 0 aliphatic carbocycles. The van der Waals surface area contributed by atoms with Crippen LogP contribution in [0.15, 0.2) is 48.8 Å². The van der Waals surface area contributed by atoms with Crippen LogP contribution >= 0.6 is 12.4 Å². The molecule has 0 spiro atoms. The van der Waals surface area contributed by atoms with Gasteiger partial charge in [-0.1, -0.05) is 25.1 Å². The zero-order valence-electron chi connectivity index (χ0n) is 14.2. The summed E-state index contributed by atoms with van der Waals surface area (Å²) in [6.07, 6.45) is 3.98. The Kier molecular flexibility index (Phi) is 6.91. The minimum Gasteiger partial charge on any atom is -0.333 e. The lowest BCUT2D eigenvalue weighted by Gasteiger charge is -2.37. The van der Waals surface area contributed by atoms with Crippen molar-refractivity contribution in [2.75, 3.05) is 19.6 Å². The van der Waals surface area contributed by atoms with Crippen LogP contribution in [-0.2, 0) is 4.79 Å². The first-order valence-electron chi connectivity index (χ1n) is 8.30. The fraction of sp³-hybridized carbons (Fsp3) is 0.368. The van der Waals surface area contributed by atoms with Crippen molar-refractivity contribution in [2.45, 2.75) is 25.3 Å². The van der Waals surface area contributed by atoms with Gasteiger partial charge in [0.2, 0.25) is 5.91 Å². The normalized spacial score (nSPS) is 18.3. The largest absolute Gasteiger partial charge is 0.333 e. The summed E-state index contributed by atoms with van der Waals surface area (Å²) < 4.78 is 13.1. The van der Waals surface area contributed by atoms with E-state index in [1.807, 2.05) is 30.2 Å². The van der Waals surface area contributed by atoms with Gasteiger partial charge in [-0.05, 0) is 35.2 Å². The smallest absolute Gasteiger partial charge is 0.223 e. The van der Waals surface area contributed by atoms with E-state index in [1.54, 1.807) is 18.3 Å². The molecule has 1 fully saturated rings. The van der Waals surface area contributed by atoms with Crippen LogP contribution in [0.2, 0.25) is 0 Å². The quantitative estimate of drug-likeness (QED) is 0.906. The first-order chi connectivity index (χ1) is 11.6. The predicted molar refractivity (Wildman–Crippen MR) is 98.2 cm³/mol. The van der Waals surface area contributed by atoms with Crippen molar-refractivity contribution < 1.29 is 9.18 Å². The van der Waals surface area contributed by atoms with Crippen molar-refractivity contribution in [3.05, 3.63) is 65.7 Å². The van der Waals surface area contributed by atoms with Crippen LogP contribution in [0.5, 0.6) is 0 Å². The van der Waals surface area contributed by atoms with Crippen molar-refractivity contribution in [1.82, 2.24) is 15.2 Å². The highest BCUT2D eigenvalue weighted by Gasteiger charge is 2.28. The molecule has 1 aromatic carbocycles. The van der Waals surface area contributed by atoms with Gasteiger partial charge in [0.25, 0.3) is 0 Å². The molecule has 134 valence electrons. The third-order valence-corrected chi connectivity index (χ3v) is 4.55. The standard InChI is InChI=1S/C19H22FN3O.ClH/c1-14(15-4-6-17(20)7-5-15)11-19(24)23-10-9-22-13-18(23)16-3-2-8-21-12-16;/h2-8,12,14,18,22H,9-11,13H2,1H3;1H. The van der Waals surface area contributed by atoms with E-state index < -0.39 is 0 Å². The predicted octanol–water partition coefficient (Wildman–Crippen LogP) is 3.31. The molecule has 6 heteroatoms. The molecule has 2 unspecified atom stereocenters. The third-order valence-electron chi connectivity index (χ3n) is 4.55. The van der Waals surface area contributed by atoms with Gasteiger partial charge >= 0.3 is 0 Å². The second kappa shape index (κ2) is 8.92. The van der Waals surface area contributed by atoms with Gasteiger partial charge in [0.05, 0.1) is 6.04 Å². The molecule has 2 heterocycles.